The number of carbonyl (C=O) groups is 2. The quantitative estimate of drug-likeness (QED) is 0.0591. The van der Waals surface area contributed by atoms with Gasteiger partial charge in [0, 0.05) is 25.9 Å². The molecule has 0 aromatic heterocycles. The van der Waals surface area contributed by atoms with Crippen molar-refractivity contribution in [3.63, 3.8) is 0 Å². The van der Waals surface area contributed by atoms with E-state index in [1.165, 1.54) is 128 Å². The van der Waals surface area contributed by atoms with Gasteiger partial charge in [-0.1, -0.05) is 141 Å². The summed E-state index contributed by atoms with van der Waals surface area (Å²) >= 11 is 0. The van der Waals surface area contributed by atoms with Crippen LogP contribution in [0.3, 0.4) is 0 Å². The maximum atomic E-state index is 12.0. The Morgan fingerprint density at radius 2 is 0.643 bits per heavy atom. The van der Waals surface area contributed by atoms with E-state index in [9.17, 15) is 9.59 Å². The van der Waals surface area contributed by atoms with Crippen LogP contribution in [0.4, 0.5) is 0 Å². The molecule has 0 heterocycles. The maximum absolute atomic E-state index is 12.0. The fourth-order valence-electron chi connectivity index (χ4n) is 5.29. The lowest BCUT2D eigenvalue weighted by Crippen LogP contribution is -2.34. The molecule has 0 atom stereocenters. The number of nitrogens with one attached hydrogen (secondary N) is 2. The van der Waals surface area contributed by atoms with Crippen molar-refractivity contribution in [2.24, 2.45) is 0 Å². The molecule has 0 fully saturated rings. The largest absolute Gasteiger partial charge is 0.354 e. The Kier molecular flexibility index (Phi) is 34.3. The summed E-state index contributed by atoms with van der Waals surface area (Å²) in [4.78, 5) is 24.0. The Labute approximate surface area is 262 Å². The molecule has 0 aromatic carbocycles. The summed E-state index contributed by atoms with van der Waals surface area (Å²) in [6, 6.07) is 0. The molecule has 0 unspecified atom stereocenters. The summed E-state index contributed by atoms with van der Waals surface area (Å²) in [5.74, 6) is 0.189. The van der Waals surface area contributed by atoms with Crippen LogP contribution in [0.1, 0.15) is 194 Å². The normalized spacial score (nSPS) is 11.6. The molecule has 0 aliphatic rings. The van der Waals surface area contributed by atoms with Crippen molar-refractivity contribution in [2.45, 2.75) is 194 Å². The highest BCUT2D eigenvalue weighted by molar-refractivity contribution is 5.77. The summed E-state index contributed by atoms with van der Waals surface area (Å²) in [7, 11) is 0. The van der Waals surface area contributed by atoms with Crippen molar-refractivity contribution < 1.29 is 9.59 Å². The molecule has 0 radical (unpaired) electrons. The van der Waals surface area contributed by atoms with E-state index in [4.69, 9.17) is 0 Å². The van der Waals surface area contributed by atoms with Gasteiger partial charge in [-0.25, -0.2) is 0 Å². The van der Waals surface area contributed by atoms with Crippen LogP contribution in [0.25, 0.3) is 0 Å². The molecule has 0 aliphatic carbocycles. The van der Waals surface area contributed by atoms with Crippen molar-refractivity contribution in [1.29, 1.82) is 0 Å². The number of allylic oxidation sites excluding steroid dienone is 4. The monoisotopic (exact) mass is 589 g/mol. The number of rotatable bonds is 33. The standard InChI is InChI=1S/C38H72N2O2/c1-3-5-7-9-11-13-15-17-19-21-23-25-27-29-31-33-37(41)39-35-36-40-38(42)34-32-30-28-26-24-22-20-18-16-14-12-10-8-6-4-2/h23-26H,3-22,27-36H2,1-2H3,(H,39,41)(H,40,42)/b25-23+,26-24+. The Hall–Kier alpha value is -1.58. The molecule has 0 rings (SSSR count). The van der Waals surface area contributed by atoms with Crippen LogP contribution in [-0.4, -0.2) is 24.9 Å². The molecular formula is C38H72N2O2. The summed E-state index contributed by atoms with van der Waals surface area (Å²) in [6.45, 7) is 5.59. The van der Waals surface area contributed by atoms with E-state index in [0.717, 1.165) is 38.5 Å². The third-order valence-electron chi connectivity index (χ3n) is 8.10. The molecule has 0 saturated carbocycles. The van der Waals surface area contributed by atoms with Gasteiger partial charge in [-0.05, 0) is 64.2 Å². The van der Waals surface area contributed by atoms with Crippen LogP contribution in [0.5, 0.6) is 0 Å². The van der Waals surface area contributed by atoms with Crippen LogP contribution in [-0.2, 0) is 9.59 Å². The van der Waals surface area contributed by atoms with Crippen molar-refractivity contribution in [3.05, 3.63) is 24.3 Å². The van der Waals surface area contributed by atoms with Crippen LogP contribution >= 0.6 is 0 Å². The zero-order valence-corrected chi connectivity index (χ0v) is 28.3. The van der Waals surface area contributed by atoms with Gasteiger partial charge in [-0.2, -0.15) is 0 Å². The van der Waals surface area contributed by atoms with E-state index in [0.29, 0.717) is 25.9 Å². The third-order valence-corrected chi connectivity index (χ3v) is 8.10. The lowest BCUT2D eigenvalue weighted by Gasteiger charge is -2.07. The smallest absolute Gasteiger partial charge is 0.220 e. The first-order valence-corrected chi connectivity index (χ1v) is 18.5. The molecule has 2 amide bonds. The molecule has 42 heavy (non-hydrogen) atoms. The number of unbranched alkanes of at least 4 members (excludes halogenated alkanes) is 22. The van der Waals surface area contributed by atoms with Crippen LogP contribution < -0.4 is 10.6 Å². The van der Waals surface area contributed by atoms with E-state index in [-0.39, 0.29) is 11.8 Å². The molecule has 4 heteroatoms. The van der Waals surface area contributed by atoms with E-state index >= 15 is 0 Å². The maximum Gasteiger partial charge on any atom is 0.220 e. The average Bonchev–Trinajstić information content (AvgIpc) is 2.99. The second kappa shape index (κ2) is 35.6. The van der Waals surface area contributed by atoms with Gasteiger partial charge in [-0.3, -0.25) is 9.59 Å². The Bertz CT molecular complexity index is 575. The van der Waals surface area contributed by atoms with Crippen molar-refractivity contribution in [1.82, 2.24) is 10.6 Å². The van der Waals surface area contributed by atoms with E-state index in [2.05, 4.69) is 48.8 Å². The molecule has 0 bridgehead atoms. The van der Waals surface area contributed by atoms with Crippen LogP contribution in [0.2, 0.25) is 0 Å². The van der Waals surface area contributed by atoms with Crippen molar-refractivity contribution in [3.8, 4) is 0 Å². The van der Waals surface area contributed by atoms with Gasteiger partial charge in [-0.15, -0.1) is 0 Å². The highest BCUT2D eigenvalue weighted by Crippen LogP contribution is 2.12. The van der Waals surface area contributed by atoms with E-state index < -0.39 is 0 Å². The average molecular weight is 589 g/mol. The summed E-state index contributed by atoms with van der Waals surface area (Å²) in [5.41, 5.74) is 0. The predicted molar refractivity (Wildman–Crippen MR) is 185 cm³/mol. The van der Waals surface area contributed by atoms with Crippen LogP contribution in [0, 0.1) is 0 Å². The first kappa shape index (κ1) is 40.4. The number of hydrogen-bond donors (Lipinski definition) is 2. The Morgan fingerprint density at radius 3 is 0.952 bits per heavy atom. The molecular weight excluding hydrogens is 516 g/mol. The number of hydrogen-bond acceptors (Lipinski definition) is 2. The fourth-order valence-corrected chi connectivity index (χ4v) is 5.29. The molecule has 4 nitrogen and oxygen atoms in total. The van der Waals surface area contributed by atoms with Gasteiger partial charge < -0.3 is 10.6 Å². The van der Waals surface area contributed by atoms with Gasteiger partial charge >= 0.3 is 0 Å². The minimum atomic E-state index is 0.0946. The number of carbonyl (C=O) groups excluding carboxylic acids is 2. The molecule has 0 saturated heterocycles. The second-order valence-corrected chi connectivity index (χ2v) is 12.4. The van der Waals surface area contributed by atoms with E-state index in [1.807, 2.05) is 0 Å². The SMILES string of the molecule is CCCCCCCCCCC/C=C/CCCCC(=O)NCCNC(=O)CCCC/C=C/CCCCCCCCCCC. The van der Waals surface area contributed by atoms with Crippen LogP contribution in [0.15, 0.2) is 24.3 Å². The topological polar surface area (TPSA) is 58.2 Å². The molecule has 2 N–H and O–H groups in total. The lowest BCUT2D eigenvalue weighted by molar-refractivity contribution is -0.123. The van der Waals surface area contributed by atoms with Gasteiger partial charge in [0.05, 0.1) is 0 Å². The van der Waals surface area contributed by atoms with Gasteiger partial charge in [0.15, 0.2) is 0 Å². The zero-order valence-electron chi connectivity index (χ0n) is 28.3. The first-order chi connectivity index (χ1) is 20.7. The van der Waals surface area contributed by atoms with E-state index in [1.54, 1.807) is 0 Å². The molecule has 0 aromatic rings. The minimum absolute atomic E-state index is 0.0946. The first-order valence-electron chi connectivity index (χ1n) is 18.5. The van der Waals surface area contributed by atoms with Crippen molar-refractivity contribution >= 4 is 11.8 Å². The molecule has 0 spiro atoms. The summed E-state index contributed by atoms with van der Waals surface area (Å²) < 4.78 is 0. The second-order valence-electron chi connectivity index (χ2n) is 12.4. The Balaban J connectivity index is 3.36. The predicted octanol–water partition coefficient (Wildman–Crippen LogP) is 11.3. The zero-order chi connectivity index (χ0) is 30.6. The Morgan fingerprint density at radius 1 is 0.381 bits per heavy atom. The van der Waals surface area contributed by atoms with Crippen molar-refractivity contribution in [2.75, 3.05) is 13.1 Å². The highest BCUT2D eigenvalue weighted by atomic mass is 16.2. The van der Waals surface area contributed by atoms with Gasteiger partial charge in [0.2, 0.25) is 11.8 Å². The lowest BCUT2D eigenvalue weighted by atomic mass is 10.1. The highest BCUT2D eigenvalue weighted by Gasteiger charge is 2.02. The molecule has 246 valence electrons. The fraction of sp³-hybridized carbons (Fsp3) is 0.842. The number of amides is 2. The van der Waals surface area contributed by atoms with Gasteiger partial charge in [0.25, 0.3) is 0 Å². The summed E-state index contributed by atoms with van der Waals surface area (Å²) in [5, 5.41) is 5.86. The summed E-state index contributed by atoms with van der Waals surface area (Å²) in [6.07, 6.45) is 43.7. The molecule has 0 aliphatic heterocycles. The third kappa shape index (κ3) is 34.6. The van der Waals surface area contributed by atoms with Gasteiger partial charge in [0.1, 0.15) is 0 Å². The minimum Gasteiger partial charge on any atom is -0.354 e.